The second kappa shape index (κ2) is 4.07. The van der Waals surface area contributed by atoms with Gasteiger partial charge in [-0.15, -0.1) is 0 Å². The van der Waals surface area contributed by atoms with E-state index in [0.717, 1.165) is 19.1 Å². The number of ether oxygens (including phenoxy) is 1. The van der Waals surface area contributed by atoms with Crippen molar-refractivity contribution >= 4 is 0 Å². The molecule has 1 aliphatic heterocycles. The quantitative estimate of drug-likeness (QED) is 0.654. The van der Waals surface area contributed by atoms with Crippen LogP contribution in [-0.4, -0.2) is 25.3 Å². The monoisotopic (exact) mass is 157 g/mol. The summed E-state index contributed by atoms with van der Waals surface area (Å²) in [5.41, 5.74) is 0. The summed E-state index contributed by atoms with van der Waals surface area (Å²) in [4.78, 5) is 0. The predicted molar refractivity (Wildman–Crippen MR) is 46.7 cm³/mol. The highest BCUT2D eigenvalue weighted by Crippen LogP contribution is 2.12. The van der Waals surface area contributed by atoms with Gasteiger partial charge >= 0.3 is 0 Å². The number of hydrogen-bond donors (Lipinski definition) is 1. The minimum absolute atomic E-state index is 0.395. The Morgan fingerprint density at radius 1 is 1.55 bits per heavy atom. The summed E-state index contributed by atoms with van der Waals surface area (Å²) in [6, 6.07) is 0.573. The van der Waals surface area contributed by atoms with Crippen molar-refractivity contribution in [2.24, 2.45) is 5.92 Å². The molecule has 2 heteroatoms. The molecule has 0 aromatic rings. The van der Waals surface area contributed by atoms with Crippen LogP contribution in [0.2, 0.25) is 0 Å². The van der Waals surface area contributed by atoms with Crippen molar-refractivity contribution < 1.29 is 4.74 Å². The molecule has 66 valence electrons. The third kappa shape index (κ3) is 2.80. The largest absolute Gasteiger partial charge is 0.376 e. The molecule has 1 rings (SSSR count). The van der Waals surface area contributed by atoms with Crippen LogP contribution in [0.3, 0.4) is 0 Å². The van der Waals surface area contributed by atoms with E-state index in [0.29, 0.717) is 12.1 Å². The lowest BCUT2D eigenvalue weighted by molar-refractivity contribution is 0.00267. The van der Waals surface area contributed by atoms with Crippen LogP contribution in [0, 0.1) is 5.92 Å². The zero-order valence-corrected chi connectivity index (χ0v) is 7.76. The molecule has 0 aliphatic carbocycles. The molecule has 0 bridgehead atoms. The first kappa shape index (κ1) is 9.01. The first-order valence-corrected chi connectivity index (χ1v) is 4.55. The molecule has 1 aliphatic rings. The smallest absolute Gasteiger partial charge is 0.0700 e. The Kier molecular flexibility index (Phi) is 3.34. The molecule has 2 nitrogen and oxygen atoms in total. The second-order valence-corrected chi connectivity index (χ2v) is 3.77. The highest BCUT2D eigenvalue weighted by Gasteiger charge is 2.21. The van der Waals surface area contributed by atoms with E-state index in [-0.39, 0.29) is 0 Å². The Bertz CT molecular complexity index is 114. The summed E-state index contributed by atoms with van der Waals surface area (Å²) in [7, 11) is 0. The van der Waals surface area contributed by atoms with Crippen LogP contribution in [0.25, 0.3) is 0 Å². The minimum Gasteiger partial charge on any atom is -0.376 e. The second-order valence-electron chi connectivity index (χ2n) is 3.77. The zero-order valence-electron chi connectivity index (χ0n) is 7.76. The number of rotatable bonds is 2. The maximum atomic E-state index is 5.53. The molecular weight excluding hydrogens is 138 g/mol. The highest BCUT2D eigenvalue weighted by molar-refractivity contribution is 4.78. The molecule has 1 saturated heterocycles. The average molecular weight is 157 g/mol. The van der Waals surface area contributed by atoms with Crippen LogP contribution in [0.4, 0.5) is 0 Å². The van der Waals surface area contributed by atoms with E-state index in [9.17, 15) is 0 Å². The van der Waals surface area contributed by atoms with Gasteiger partial charge in [-0.05, 0) is 19.3 Å². The summed E-state index contributed by atoms with van der Waals surface area (Å²) in [6.07, 6.45) is 1.62. The molecule has 0 spiro atoms. The van der Waals surface area contributed by atoms with Gasteiger partial charge in [-0.25, -0.2) is 0 Å². The Labute approximate surface area is 69.3 Å². The van der Waals surface area contributed by atoms with E-state index in [1.807, 2.05) is 0 Å². The zero-order chi connectivity index (χ0) is 8.27. The third-order valence-corrected chi connectivity index (χ3v) is 2.18. The topological polar surface area (TPSA) is 21.3 Å². The van der Waals surface area contributed by atoms with Crippen LogP contribution in [0.15, 0.2) is 0 Å². The van der Waals surface area contributed by atoms with Crippen molar-refractivity contribution in [1.82, 2.24) is 5.32 Å². The van der Waals surface area contributed by atoms with Crippen molar-refractivity contribution in [3.05, 3.63) is 0 Å². The van der Waals surface area contributed by atoms with Crippen LogP contribution >= 0.6 is 0 Å². The van der Waals surface area contributed by atoms with E-state index in [1.54, 1.807) is 0 Å². The maximum Gasteiger partial charge on any atom is 0.0700 e. The Morgan fingerprint density at radius 2 is 2.27 bits per heavy atom. The van der Waals surface area contributed by atoms with Crippen LogP contribution < -0.4 is 5.32 Å². The molecule has 0 unspecified atom stereocenters. The van der Waals surface area contributed by atoms with E-state index in [1.165, 1.54) is 6.42 Å². The number of nitrogens with one attached hydrogen (secondary N) is 1. The minimum atomic E-state index is 0.395. The lowest BCUT2D eigenvalue weighted by atomic mass is 9.99. The van der Waals surface area contributed by atoms with Gasteiger partial charge in [0, 0.05) is 12.6 Å². The Hall–Kier alpha value is -0.0800. The maximum absolute atomic E-state index is 5.53. The highest BCUT2D eigenvalue weighted by atomic mass is 16.5. The van der Waals surface area contributed by atoms with Crippen LogP contribution in [-0.2, 0) is 4.74 Å². The molecule has 0 aromatic carbocycles. The molecule has 1 N–H and O–H groups in total. The molecule has 0 saturated carbocycles. The summed E-state index contributed by atoms with van der Waals surface area (Å²) in [5.74, 6) is 0.761. The van der Waals surface area contributed by atoms with Crippen molar-refractivity contribution in [1.29, 1.82) is 0 Å². The Balaban J connectivity index is 2.29. The fourth-order valence-electron chi connectivity index (χ4n) is 1.55. The van der Waals surface area contributed by atoms with Gasteiger partial charge in [0.15, 0.2) is 0 Å². The first-order valence-electron chi connectivity index (χ1n) is 4.55. The van der Waals surface area contributed by atoms with E-state index >= 15 is 0 Å². The summed E-state index contributed by atoms with van der Waals surface area (Å²) >= 11 is 0. The fourth-order valence-corrected chi connectivity index (χ4v) is 1.55. The third-order valence-electron chi connectivity index (χ3n) is 2.18. The van der Waals surface area contributed by atoms with E-state index < -0.39 is 0 Å². The van der Waals surface area contributed by atoms with Crippen molar-refractivity contribution in [3.8, 4) is 0 Å². The first-order chi connectivity index (χ1) is 5.20. The lowest BCUT2D eigenvalue weighted by Crippen LogP contribution is -2.47. The molecule has 0 radical (unpaired) electrons. The normalized spacial score (nSPS) is 32.7. The standard InChI is InChI=1S/C9H19NO/c1-7(2)6-9-8(3)11-5-4-10-9/h7-10H,4-6H2,1-3H3/t8-,9+/m1/s1. The summed E-state index contributed by atoms with van der Waals surface area (Å²) in [5, 5.41) is 3.48. The van der Waals surface area contributed by atoms with E-state index in [2.05, 4.69) is 26.1 Å². The van der Waals surface area contributed by atoms with Gasteiger partial charge in [-0.1, -0.05) is 13.8 Å². The molecule has 0 amide bonds. The molecule has 1 fully saturated rings. The van der Waals surface area contributed by atoms with Crippen LogP contribution in [0.5, 0.6) is 0 Å². The molecule has 1 heterocycles. The summed E-state index contributed by atoms with van der Waals surface area (Å²) in [6.45, 7) is 8.54. The molecule has 11 heavy (non-hydrogen) atoms. The SMILES string of the molecule is CC(C)C[C@@H]1NCCO[C@@H]1C. The Morgan fingerprint density at radius 3 is 2.82 bits per heavy atom. The summed E-state index contributed by atoms with van der Waals surface area (Å²) < 4.78 is 5.53. The predicted octanol–water partition coefficient (Wildman–Crippen LogP) is 1.41. The van der Waals surface area contributed by atoms with Gasteiger partial charge in [-0.3, -0.25) is 0 Å². The van der Waals surface area contributed by atoms with Gasteiger partial charge in [-0.2, -0.15) is 0 Å². The van der Waals surface area contributed by atoms with Gasteiger partial charge in [0.05, 0.1) is 12.7 Å². The van der Waals surface area contributed by atoms with Crippen LogP contribution in [0.1, 0.15) is 27.2 Å². The molecule has 0 aromatic heterocycles. The lowest BCUT2D eigenvalue weighted by Gasteiger charge is -2.31. The molecule has 2 atom stereocenters. The van der Waals surface area contributed by atoms with Crippen molar-refractivity contribution in [3.63, 3.8) is 0 Å². The number of hydrogen-bond acceptors (Lipinski definition) is 2. The average Bonchev–Trinajstić information content (AvgIpc) is 1.93. The van der Waals surface area contributed by atoms with Gasteiger partial charge in [0.25, 0.3) is 0 Å². The van der Waals surface area contributed by atoms with Gasteiger partial charge < -0.3 is 10.1 Å². The van der Waals surface area contributed by atoms with E-state index in [4.69, 9.17) is 4.74 Å². The fraction of sp³-hybridized carbons (Fsp3) is 1.00. The number of morpholine rings is 1. The van der Waals surface area contributed by atoms with Gasteiger partial charge in [0.1, 0.15) is 0 Å². The molecular formula is C9H19NO. The van der Waals surface area contributed by atoms with Gasteiger partial charge in [0.2, 0.25) is 0 Å². The van der Waals surface area contributed by atoms with Crippen molar-refractivity contribution in [2.45, 2.75) is 39.3 Å². The van der Waals surface area contributed by atoms with Crippen molar-refractivity contribution in [2.75, 3.05) is 13.2 Å².